The third-order valence-electron chi connectivity index (χ3n) is 2.86. The molecule has 1 aromatic carbocycles. The molecular formula is C14H21F2N. The predicted molar refractivity (Wildman–Crippen MR) is 66.8 cm³/mol. The minimum Gasteiger partial charge on any atom is -0.313 e. The molecule has 0 radical (unpaired) electrons. The SMILES string of the molecule is CNC(CCC(C)(C)C)c1cc(F)ccc1F. The van der Waals surface area contributed by atoms with E-state index in [2.05, 4.69) is 26.1 Å². The van der Waals surface area contributed by atoms with Gasteiger partial charge in [0.25, 0.3) is 0 Å². The number of benzene rings is 1. The van der Waals surface area contributed by atoms with Gasteiger partial charge in [-0.25, -0.2) is 8.78 Å². The lowest BCUT2D eigenvalue weighted by Crippen LogP contribution is -2.20. The second-order valence-corrected chi connectivity index (χ2v) is 5.61. The lowest BCUT2D eigenvalue weighted by Gasteiger charge is -2.23. The topological polar surface area (TPSA) is 12.0 Å². The number of rotatable bonds is 4. The first kappa shape index (κ1) is 14.1. The van der Waals surface area contributed by atoms with Gasteiger partial charge in [-0.15, -0.1) is 0 Å². The fourth-order valence-corrected chi connectivity index (χ4v) is 1.81. The molecule has 1 nitrogen and oxygen atoms in total. The zero-order chi connectivity index (χ0) is 13.1. The maximum Gasteiger partial charge on any atom is 0.128 e. The Hall–Kier alpha value is -0.960. The van der Waals surface area contributed by atoms with Gasteiger partial charge in [0.15, 0.2) is 0 Å². The first-order valence-corrected chi connectivity index (χ1v) is 5.96. The van der Waals surface area contributed by atoms with Crippen molar-refractivity contribution in [3.05, 3.63) is 35.4 Å². The summed E-state index contributed by atoms with van der Waals surface area (Å²) in [5, 5.41) is 3.05. The first-order valence-electron chi connectivity index (χ1n) is 5.96. The van der Waals surface area contributed by atoms with Crippen LogP contribution >= 0.6 is 0 Å². The predicted octanol–water partition coefficient (Wildman–Crippen LogP) is 4.05. The summed E-state index contributed by atoms with van der Waals surface area (Å²) in [7, 11) is 1.78. The summed E-state index contributed by atoms with van der Waals surface area (Å²) in [5.74, 6) is -0.739. The number of nitrogens with one attached hydrogen (secondary N) is 1. The molecular weight excluding hydrogens is 220 g/mol. The maximum atomic E-state index is 13.6. The normalized spacial score (nSPS) is 13.8. The second kappa shape index (κ2) is 5.58. The highest BCUT2D eigenvalue weighted by Gasteiger charge is 2.18. The summed E-state index contributed by atoms with van der Waals surface area (Å²) >= 11 is 0. The average molecular weight is 241 g/mol. The molecule has 0 aliphatic rings. The number of hydrogen-bond donors (Lipinski definition) is 1. The highest BCUT2D eigenvalue weighted by Crippen LogP contribution is 2.28. The van der Waals surface area contributed by atoms with Gasteiger partial charge in [0, 0.05) is 11.6 Å². The van der Waals surface area contributed by atoms with E-state index in [1.54, 1.807) is 7.05 Å². The maximum absolute atomic E-state index is 13.6. The molecule has 96 valence electrons. The highest BCUT2D eigenvalue weighted by molar-refractivity contribution is 5.22. The van der Waals surface area contributed by atoms with Crippen LogP contribution in [0.5, 0.6) is 0 Å². The van der Waals surface area contributed by atoms with Crippen LogP contribution in [0.3, 0.4) is 0 Å². The molecule has 1 rings (SSSR count). The zero-order valence-corrected chi connectivity index (χ0v) is 11.0. The zero-order valence-electron chi connectivity index (χ0n) is 11.0. The van der Waals surface area contributed by atoms with E-state index in [1.807, 2.05) is 0 Å². The van der Waals surface area contributed by atoms with Gasteiger partial charge in [0.1, 0.15) is 11.6 Å². The van der Waals surface area contributed by atoms with Crippen molar-refractivity contribution in [2.24, 2.45) is 5.41 Å². The minimum atomic E-state index is -0.391. The number of hydrogen-bond acceptors (Lipinski definition) is 1. The minimum absolute atomic E-state index is 0.134. The van der Waals surface area contributed by atoms with Gasteiger partial charge in [-0.1, -0.05) is 20.8 Å². The van der Waals surface area contributed by atoms with Crippen LogP contribution in [0.2, 0.25) is 0 Å². The average Bonchev–Trinajstić information content (AvgIpc) is 2.22. The Balaban J connectivity index is 2.82. The van der Waals surface area contributed by atoms with Crippen molar-refractivity contribution in [3.63, 3.8) is 0 Å². The Morgan fingerprint density at radius 2 is 1.88 bits per heavy atom. The van der Waals surface area contributed by atoms with Gasteiger partial charge in [-0.05, 0) is 43.5 Å². The lowest BCUT2D eigenvalue weighted by molar-refractivity contribution is 0.334. The van der Waals surface area contributed by atoms with Gasteiger partial charge in [-0.3, -0.25) is 0 Å². The van der Waals surface area contributed by atoms with Crippen LogP contribution < -0.4 is 5.32 Å². The Kier molecular flexibility index (Phi) is 4.63. The van der Waals surface area contributed by atoms with Crippen molar-refractivity contribution >= 4 is 0 Å². The lowest BCUT2D eigenvalue weighted by atomic mass is 9.87. The summed E-state index contributed by atoms with van der Waals surface area (Å²) in [6.45, 7) is 6.42. The summed E-state index contributed by atoms with van der Waals surface area (Å²) < 4.78 is 26.7. The van der Waals surface area contributed by atoms with Crippen molar-refractivity contribution in [1.29, 1.82) is 0 Å². The smallest absolute Gasteiger partial charge is 0.128 e. The Morgan fingerprint density at radius 3 is 2.41 bits per heavy atom. The van der Waals surface area contributed by atoms with Gasteiger partial charge in [0.2, 0.25) is 0 Å². The van der Waals surface area contributed by atoms with Gasteiger partial charge < -0.3 is 5.32 Å². The molecule has 1 atom stereocenters. The van der Waals surface area contributed by atoms with Crippen LogP contribution in [0, 0.1) is 17.0 Å². The van der Waals surface area contributed by atoms with Gasteiger partial charge >= 0.3 is 0 Å². The standard InChI is InChI=1S/C14H21F2N/c1-14(2,3)8-7-13(17-4)11-9-10(15)5-6-12(11)16/h5-6,9,13,17H,7-8H2,1-4H3. The molecule has 0 aromatic heterocycles. The van der Waals surface area contributed by atoms with E-state index in [0.29, 0.717) is 5.56 Å². The summed E-state index contributed by atoms with van der Waals surface area (Å²) in [6.07, 6.45) is 1.74. The molecule has 0 aliphatic carbocycles. The van der Waals surface area contributed by atoms with E-state index in [9.17, 15) is 8.78 Å². The fraction of sp³-hybridized carbons (Fsp3) is 0.571. The van der Waals surface area contributed by atoms with E-state index < -0.39 is 5.82 Å². The molecule has 0 fully saturated rings. The monoisotopic (exact) mass is 241 g/mol. The molecule has 0 heterocycles. The van der Waals surface area contributed by atoms with Crippen LogP contribution in [0.4, 0.5) is 8.78 Å². The molecule has 0 aliphatic heterocycles. The largest absolute Gasteiger partial charge is 0.313 e. The van der Waals surface area contributed by atoms with Crippen LogP contribution in [-0.4, -0.2) is 7.05 Å². The Labute approximate surface area is 102 Å². The van der Waals surface area contributed by atoms with Crippen molar-refractivity contribution < 1.29 is 8.78 Å². The molecule has 17 heavy (non-hydrogen) atoms. The van der Waals surface area contributed by atoms with Crippen molar-refractivity contribution in [1.82, 2.24) is 5.32 Å². The fourth-order valence-electron chi connectivity index (χ4n) is 1.81. The molecule has 0 amide bonds. The van der Waals surface area contributed by atoms with Crippen LogP contribution in [-0.2, 0) is 0 Å². The van der Waals surface area contributed by atoms with Gasteiger partial charge in [-0.2, -0.15) is 0 Å². The molecule has 3 heteroatoms. The third-order valence-corrected chi connectivity index (χ3v) is 2.86. The molecule has 0 saturated carbocycles. The Bertz CT molecular complexity index is 369. The Morgan fingerprint density at radius 1 is 1.24 bits per heavy atom. The van der Waals surface area contributed by atoms with E-state index in [0.717, 1.165) is 18.9 Å². The molecule has 0 spiro atoms. The summed E-state index contributed by atoms with van der Waals surface area (Å²) in [5.41, 5.74) is 0.607. The van der Waals surface area contributed by atoms with Gasteiger partial charge in [0.05, 0.1) is 0 Å². The van der Waals surface area contributed by atoms with Crippen molar-refractivity contribution in [3.8, 4) is 0 Å². The van der Waals surface area contributed by atoms with E-state index >= 15 is 0 Å². The van der Waals surface area contributed by atoms with Crippen molar-refractivity contribution in [2.75, 3.05) is 7.05 Å². The van der Waals surface area contributed by atoms with Crippen LogP contribution in [0.1, 0.15) is 45.2 Å². The number of halogens is 2. The quantitative estimate of drug-likeness (QED) is 0.838. The van der Waals surface area contributed by atoms with Crippen molar-refractivity contribution in [2.45, 2.75) is 39.7 Å². The molecule has 0 saturated heterocycles. The first-order chi connectivity index (χ1) is 7.83. The molecule has 1 aromatic rings. The summed E-state index contributed by atoms with van der Waals surface area (Å²) in [4.78, 5) is 0. The second-order valence-electron chi connectivity index (χ2n) is 5.61. The van der Waals surface area contributed by atoms with Crippen LogP contribution in [0.25, 0.3) is 0 Å². The van der Waals surface area contributed by atoms with E-state index in [4.69, 9.17) is 0 Å². The third kappa shape index (κ3) is 4.43. The van der Waals surface area contributed by atoms with Crippen LogP contribution in [0.15, 0.2) is 18.2 Å². The highest BCUT2D eigenvalue weighted by atomic mass is 19.1. The molecule has 0 bridgehead atoms. The summed E-state index contributed by atoms with van der Waals surface area (Å²) in [6, 6.07) is 3.48. The molecule has 1 N–H and O–H groups in total. The van der Waals surface area contributed by atoms with E-state index in [1.165, 1.54) is 12.1 Å². The molecule has 1 unspecified atom stereocenters. The van der Waals surface area contributed by atoms with E-state index in [-0.39, 0.29) is 17.3 Å².